The number of nitrogens with two attached hydrogens (primary N) is 1. The van der Waals surface area contributed by atoms with Gasteiger partial charge in [-0.3, -0.25) is 4.79 Å². The van der Waals surface area contributed by atoms with E-state index in [-0.39, 0.29) is 24.5 Å². The normalized spacial score (nSPS) is 15.3. The third-order valence-corrected chi connectivity index (χ3v) is 1.62. The van der Waals surface area contributed by atoms with Crippen LogP contribution in [0.5, 0.6) is 0 Å². The van der Waals surface area contributed by atoms with E-state index in [0.29, 0.717) is 13.0 Å². The van der Waals surface area contributed by atoms with Crippen molar-refractivity contribution in [3.05, 3.63) is 0 Å². The number of aliphatic hydroxyl groups excluding tert-OH is 1. The van der Waals surface area contributed by atoms with Crippen molar-refractivity contribution in [1.29, 1.82) is 0 Å². The molecule has 0 heterocycles. The molecule has 4 nitrogen and oxygen atoms in total. The molecule has 0 saturated heterocycles. The summed E-state index contributed by atoms with van der Waals surface area (Å²) >= 11 is 0. The molecular weight excluding hydrogens is 156 g/mol. The van der Waals surface area contributed by atoms with Crippen molar-refractivity contribution >= 4 is 5.91 Å². The Kier molecular flexibility index (Phi) is 5.66. The Bertz CT molecular complexity index is 125. The minimum absolute atomic E-state index is 0.0251. The Morgan fingerprint density at radius 2 is 2.17 bits per heavy atom. The quantitative estimate of drug-likeness (QED) is 0.524. The molecule has 0 spiro atoms. The smallest absolute Gasteiger partial charge is 0.220 e. The van der Waals surface area contributed by atoms with Crippen molar-refractivity contribution in [2.75, 3.05) is 13.2 Å². The van der Waals surface area contributed by atoms with Gasteiger partial charge < -0.3 is 16.2 Å². The molecule has 0 fully saturated rings. The molecule has 0 aromatic heterocycles. The first-order chi connectivity index (χ1) is 5.60. The van der Waals surface area contributed by atoms with Crippen molar-refractivity contribution in [3.8, 4) is 0 Å². The highest BCUT2D eigenvalue weighted by Crippen LogP contribution is 1.98. The Morgan fingerprint density at radius 3 is 2.58 bits per heavy atom. The minimum atomic E-state index is -0.164. The van der Waals surface area contributed by atoms with Crippen molar-refractivity contribution in [2.24, 2.45) is 11.7 Å². The zero-order valence-corrected chi connectivity index (χ0v) is 7.71. The molecular formula is C8H18N2O2. The lowest BCUT2D eigenvalue weighted by molar-refractivity contribution is -0.122. The van der Waals surface area contributed by atoms with E-state index >= 15 is 0 Å². The van der Waals surface area contributed by atoms with Gasteiger partial charge in [-0.25, -0.2) is 0 Å². The third kappa shape index (κ3) is 5.09. The number of carbonyl (C=O) groups is 1. The van der Waals surface area contributed by atoms with Gasteiger partial charge in [-0.2, -0.15) is 0 Å². The summed E-state index contributed by atoms with van der Waals surface area (Å²) in [5.74, 6) is 0.158. The molecule has 2 atom stereocenters. The molecule has 0 radical (unpaired) electrons. The van der Waals surface area contributed by atoms with Gasteiger partial charge in [0.2, 0.25) is 5.91 Å². The number of amides is 1. The molecule has 4 heteroatoms. The molecule has 0 rings (SSSR count). The Labute approximate surface area is 73.1 Å². The summed E-state index contributed by atoms with van der Waals surface area (Å²) in [6.07, 6.45) is 0.431. The molecule has 0 aliphatic rings. The fourth-order valence-corrected chi connectivity index (χ4v) is 0.779. The SMILES string of the molecule is CC(CN)CC(=O)NC(C)CO. The molecule has 0 aromatic carbocycles. The molecule has 0 saturated carbocycles. The maximum absolute atomic E-state index is 11.1. The number of hydrogen-bond donors (Lipinski definition) is 3. The highest BCUT2D eigenvalue weighted by atomic mass is 16.3. The van der Waals surface area contributed by atoms with Crippen LogP contribution in [0.4, 0.5) is 0 Å². The van der Waals surface area contributed by atoms with Crippen molar-refractivity contribution in [1.82, 2.24) is 5.32 Å². The highest BCUT2D eigenvalue weighted by Gasteiger charge is 2.09. The van der Waals surface area contributed by atoms with Crippen LogP contribution in [0.3, 0.4) is 0 Å². The summed E-state index contributed by atoms with van der Waals surface area (Å²) in [6, 6.07) is -0.164. The number of rotatable bonds is 5. The van der Waals surface area contributed by atoms with Crippen LogP contribution in [0, 0.1) is 5.92 Å². The monoisotopic (exact) mass is 174 g/mol. The lowest BCUT2D eigenvalue weighted by Gasteiger charge is -2.12. The lowest BCUT2D eigenvalue weighted by atomic mass is 10.1. The fraction of sp³-hybridized carbons (Fsp3) is 0.875. The largest absolute Gasteiger partial charge is 0.394 e. The van der Waals surface area contributed by atoms with E-state index in [2.05, 4.69) is 5.32 Å². The summed E-state index contributed by atoms with van der Waals surface area (Å²) in [5.41, 5.74) is 5.35. The van der Waals surface area contributed by atoms with Gasteiger partial charge in [0.15, 0.2) is 0 Å². The zero-order chi connectivity index (χ0) is 9.56. The van der Waals surface area contributed by atoms with Crippen LogP contribution >= 0.6 is 0 Å². The van der Waals surface area contributed by atoms with E-state index in [9.17, 15) is 4.79 Å². The fourth-order valence-electron chi connectivity index (χ4n) is 0.779. The summed E-state index contributed by atoms with van der Waals surface area (Å²) in [4.78, 5) is 11.1. The first-order valence-electron chi connectivity index (χ1n) is 4.20. The Hall–Kier alpha value is -0.610. The molecule has 72 valence electrons. The molecule has 4 N–H and O–H groups in total. The van der Waals surface area contributed by atoms with E-state index in [1.807, 2.05) is 6.92 Å². The first kappa shape index (κ1) is 11.4. The van der Waals surface area contributed by atoms with Gasteiger partial charge in [-0.1, -0.05) is 6.92 Å². The number of nitrogens with one attached hydrogen (secondary N) is 1. The van der Waals surface area contributed by atoms with Gasteiger partial charge in [0, 0.05) is 12.5 Å². The van der Waals surface area contributed by atoms with Gasteiger partial charge in [-0.05, 0) is 19.4 Å². The second kappa shape index (κ2) is 5.97. The van der Waals surface area contributed by atoms with Gasteiger partial charge in [0.1, 0.15) is 0 Å². The van der Waals surface area contributed by atoms with Crippen molar-refractivity contribution in [2.45, 2.75) is 26.3 Å². The van der Waals surface area contributed by atoms with Crippen LogP contribution in [-0.4, -0.2) is 30.2 Å². The molecule has 0 aliphatic carbocycles. The maximum atomic E-state index is 11.1. The van der Waals surface area contributed by atoms with E-state index < -0.39 is 0 Å². The summed E-state index contributed by atoms with van der Waals surface area (Å²) in [5, 5.41) is 11.3. The number of aliphatic hydroxyl groups is 1. The lowest BCUT2D eigenvalue weighted by Crippen LogP contribution is -2.36. The highest BCUT2D eigenvalue weighted by molar-refractivity contribution is 5.76. The molecule has 2 unspecified atom stereocenters. The van der Waals surface area contributed by atoms with Gasteiger partial charge in [0.25, 0.3) is 0 Å². The van der Waals surface area contributed by atoms with Crippen LogP contribution in [0.25, 0.3) is 0 Å². The van der Waals surface area contributed by atoms with Crippen LogP contribution in [-0.2, 0) is 4.79 Å². The number of hydrogen-bond acceptors (Lipinski definition) is 3. The average Bonchev–Trinajstić information content (AvgIpc) is 2.03. The summed E-state index contributed by atoms with van der Waals surface area (Å²) in [6.45, 7) is 4.16. The Morgan fingerprint density at radius 1 is 1.58 bits per heavy atom. The van der Waals surface area contributed by atoms with Crippen molar-refractivity contribution < 1.29 is 9.90 Å². The predicted molar refractivity (Wildman–Crippen MR) is 47.5 cm³/mol. The first-order valence-corrected chi connectivity index (χ1v) is 4.20. The Balaban J connectivity index is 3.59. The molecule has 0 bridgehead atoms. The standard InChI is InChI=1S/C8H18N2O2/c1-6(4-9)3-8(12)10-7(2)5-11/h6-7,11H,3-5,9H2,1-2H3,(H,10,12). The van der Waals surface area contributed by atoms with E-state index in [0.717, 1.165) is 0 Å². The predicted octanol–water partition coefficient (Wildman–Crippen LogP) is -0.532. The molecule has 0 aromatic rings. The van der Waals surface area contributed by atoms with E-state index in [4.69, 9.17) is 10.8 Å². The van der Waals surface area contributed by atoms with Gasteiger partial charge in [-0.15, -0.1) is 0 Å². The summed E-state index contributed by atoms with van der Waals surface area (Å²) < 4.78 is 0. The third-order valence-electron chi connectivity index (χ3n) is 1.62. The molecule has 0 aliphatic heterocycles. The van der Waals surface area contributed by atoms with E-state index in [1.165, 1.54) is 0 Å². The van der Waals surface area contributed by atoms with Crippen LogP contribution in [0.15, 0.2) is 0 Å². The number of carbonyl (C=O) groups excluding carboxylic acids is 1. The topological polar surface area (TPSA) is 75.4 Å². The summed E-state index contributed by atoms with van der Waals surface area (Å²) in [7, 11) is 0. The van der Waals surface area contributed by atoms with Gasteiger partial charge >= 0.3 is 0 Å². The maximum Gasteiger partial charge on any atom is 0.220 e. The molecule has 1 amide bonds. The second-order valence-corrected chi connectivity index (χ2v) is 3.20. The van der Waals surface area contributed by atoms with Crippen LogP contribution in [0.2, 0.25) is 0 Å². The average molecular weight is 174 g/mol. The molecule has 12 heavy (non-hydrogen) atoms. The van der Waals surface area contributed by atoms with Crippen LogP contribution < -0.4 is 11.1 Å². The minimum Gasteiger partial charge on any atom is -0.394 e. The second-order valence-electron chi connectivity index (χ2n) is 3.20. The van der Waals surface area contributed by atoms with Crippen LogP contribution in [0.1, 0.15) is 20.3 Å². The van der Waals surface area contributed by atoms with Gasteiger partial charge in [0.05, 0.1) is 6.61 Å². The van der Waals surface area contributed by atoms with E-state index in [1.54, 1.807) is 6.92 Å². The zero-order valence-electron chi connectivity index (χ0n) is 7.71. The van der Waals surface area contributed by atoms with Crippen molar-refractivity contribution in [3.63, 3.8) is 0 Å².